The van der Waals surface area contributed by atoms with Crippen LogP contribution in [0.4, 0.5) is 0 Å². The Kier molecular flexibility index (Phi) is 4.38. The molecule has 108 valence electrons. The fourth-order valence-electron chi connectivity index (χ4n) is 3.35. The number of aromatic nitrogens is 1. The molecule has 0 amide bonds. The minimum atomic E-state index is 0.675. The summed E-state index contributed by atoms with van der Waals surface area (Å²) in [5, 5.41) is 1.31. The first kappa shape index (κ1) is 13.7. The SMILES string of the molecule is COCCC1CCCCN1Cc1cccc2cc[nH]c12. The van der Waals surface area contributed by atoms with E-state index in [4.69, 9.17) is 4.74 Å². The topological polar surface area (TPSA) is 28.3 Å². The number of likely N-dealkylation sites (tertiary alicyclic amines) is 1. The number of hydrogen-bond acceptors (Lipinski definition) is 2. The molecule has 1 atom stereocenters. The Morgan fingerprint density at radius 1 is 1.30 bits per heavy atom. The smallest absolute Gasteiger partial charge is 0.0499 e. The van der Waals surface area contributed by atoms with Crippen LogP contribution in [-0.2, 0) is 11.3 Å². The third-order valence-corrected chi connectivity index (χ3v) is 4.45. The van der Waals surface area contributed by atoms with Crippen LogP contribution >= 0.6 is 0 Å². The molecule has 0 spiro atoms. The van der Waals surface area contributed by atoms with Gasteiger partial charge in [-0.2, -0.15) is 0 Å². The monoisotopic (exact) mass is 272 g/mol. The summed E-state index contributed by atoms with van der Waals surface area (Å²) in [5.74, 6) is 0. The summed E-state index contributed by atoms with van der Waals surface area (Å²) in [6, 6.07) is 9.42. The van der Waals surface area contributed by atoms with Crippen LogP contribution in [0.2, 0.25) is 0 Å². The zero-order valence-electron chi connectivity index (χ0n) is 12.3. The molecule has 1 saturated heterocycles. The molecule has 1 N–H and O–H groups in total. The van der Waals surface area contributed by atoms with Gasteiger partial charge in [0, 0.05) is 38.0 Å². The highest BCUT2D eigenvalue weighted by atomic mass is 16.5. The largest absolute Gasteiger partial charge is 0.385 e. The second-order valence-electron chi connectivity index (χ2n) is 5.76. The van der Waals surface area contributed by atoms with E-state index in [0.717, 1.165) is 19.6 Å². The zero-order chi connectivity index (χ0) is 13.8. The molecule has 3 nitrogen and oxygen atoms in total. The van der Waals surface area contributed by atoms with Gasteiger partial charge in [0.15, 0.2) is 0 Å². The van der Waals surface area contributed by atoms with Crippen molar-refractivity contribution in [2.45, 2.75) is 38.3 Å². The van der Waals surface area contributed by atoms with Crippen molar-refractivity contribution in [3.63, 3.8) is 0 Å². The Morgan fingerprint density at radius 2 is 2.25 bits per heavy atom. The summed E-state index contributed by atoms with van der Waals surface area (Å²) >= 11 is 0. The maximum absolute atomic E-state index is 5.27. The number of benzene rings is 1. The number of rotatable bonds is 5. The van der Waals surface area contributed by atoms with Crippen LogP contribution in [-0.4, -0.2) is 36.2 Å². The molecule has 20 heavy (non-hydrogen) atoms. The van der Waals surface area contributed by atoms with Crippen LogP contribution in [0.5, 0.6) is 0 Å². The van der Waals surface area contributed by atoms with Crippen molar-refractivity contribution in [2.24, 2.45) is 0 Å². The second kappa shape index (κ2) is 6.42. The number of piperidine rings is 1. The van der Waals surface area contributed by atoms with Crippen molar-refractivity contribution in [2.75, 3.05) is 20.3 Å². The third-order valence-electron chi connectivity index (χ3n) is 4.45. The maximum atomic E-state index is 5.27. The summed E-state index contributed by atoms with van der Waals surface area (Å²) in [5.41, 5.74) is 2.71. The van der Waals surface area contributed by atoms with E-state index >= 15 is 0 Å². The predicted molar refractivity (Wildman–Crippen MR) is 82.8 cm³/mol. The first-order chi connectivity index (χ1) is 9.88. The van der Waals surface area contributed by atoms with E-state index in [1.54, 1.807) is 7.11 Å². The summed E-state index contributed by atoms with van der Waals surface area (Å²) < 4.78 is 5.27. The standard InChI is InChI=1S/C17H24N2O/c1-20-12-9-16-7-2-3-11-19(16)13-15-6-4-5-14-8-10-18-17(14)15/h4-6,8,10,16,18H,2-3,7,9,11-13H2,1H3. The Labute approximate surface area is 120 Å². The molecule has 2 aromatic rings. The van der Waals surface area contributed by atoms with Crippen LogP contribution < -0.4 is 0 Å². The Hall–Kier alpha value is -1.32. The highest BCUT2D eigenvalue weighted by Gasteiger charge is 2.22. The van der Waals surface area contributed by atoms with E-state index in [1.165, 1.54) is 42.3 Å². The normalized spacial score (nSPS) is 20.6. The maximum Gasteiger partial charge on any atom is 0.0499 e. The van der Waals surface area contributed by atoms with Gasteiger partial charge in [0.25, 0.3) is 0 Å². The third kappa shape index (κ3) is 2.89. The van der Waals surface area contributed by atoms with E-state index in [0.29, 0.717) is 6.04 Å². The van der Waals surface area contributed by atoms with Crippen molar-refractivity contribution in [1.29, 1.82) is 0 Å². The van der Waals surface area contributed by atoms with Crippen molar-refractivity contribution in [1.82, 2.24) is 9.88 Å². The molecule has 0 radical (unpaired) electrons. The lowest BCUT2D eigenvalue weighted by Crippen LogP contribution is -2.39. The van der Waals surface area contributed by atoms with Gasteiger partial charge in [0.2, 0.25) is 0 Å². The quantitative estimate of drug-likeness (QED) is 0.901. The lowest BCUT2D eigenvalue weighted by Gasteiger charge is -2.35. The van der Waals surface area contributed by atoms with E-state index in [-0.39, 0.29) is 0 Å². The van der Waals surface area contributed by atoms with Crippen LogP contribution in [0.25, 0.3) is 10.9 Å². The average molecular weight is 272 g/mol. The minimum absolute atomic E-state index is 0.675. The van der Waals surface area contributed by atoms with E-state index in [2.05, 4.69) is 34.1 Å². The molecular weight excluding hydrogens is 248 g/mol. The fourth-order valence-corrected chi connectivity index (χ4v) is 3.35. The minimum Gasteiger partial charge on any atom is -0.385 e. The fraction of sp³-hybridized carbons (Fsp3) is 0.529. The molecule has 1 aromatic heterocycles. The Balaban J connectivity index is 1.76. The summed E-state index contributed by atoms with van der Waals surface area (Å²) in [6.45, 7) is 3.13. The molecule has 0 aliphatic carbocycles. The molecule has 1 fully saturated rings. The number of fused-ring (bicyclic) bond motifs is 1. The number of nitrogens with one attached hydrogen (secondary N) is 1. The molecule has 1 aliphatic rings. The van der Waals surface area contributed by atoms with E-state index < -0.39 is 0 Å². The van der Waals surface area contributed by atoms with Gasteiger partial charge in [0.1, 0.15) is 0 Å². The Morgan fingerprint density at radius 3 is 3.15 bits per heavy atom. The molecule has 3 heteroatoms. The first-order valence-corrected chi connectivity index (χ1v) is 7.66. The molecule has 1 aromatic carbocycles. The van der Waals surface area contributed by atoms with Crippen molar-refractivity contribution >= 4 is 10.9 Å². The molecule has 0 bridgehead atoms. The van der Waals surface area contributed by atoms with Gasteiger partial charge in [0.05, 0.1) is 0 Å². The molecule has 3 rings (SSSR count). The number of H-pyrrole nitrogens is 1. The number of ether oxygens (including phenoxy) is 1. The van der Waals surface area contributed by atoms with Gasteiger partial charge in [-0.25, -0.2) is 0 Å². The highest BCUT2D eigenvalue weighted by molar-refractivity contribution is 5.82. The molecule has 2 heterocycles. The molecule has 1 unspecified atom stereocenters. The van der Waals surface area contributed by atoms with Crippen molar-refractivity contribution in [3.8, 4) is 0 Å². The highest BCUT2D eigenvalue weighted by Crippen LogP contribution is 2.25. The summed E-state index contributed by atoms with van der Waals surface area (Å²) in [6.07, 6.45) is 7.18. The lowest BCUT2D eigenvalue weighted by atomic mass is 9.98. The lowest BCUT2D eigenvalue weighted by molar-refractivity contribution is 0.0977. The number of nitrogens with zero attached hydrogens (tertiary/aromatic N) is 1. The van der Waals surface area contributed by atoms with Crippen molar-refractivity contribution < 1.29 is 4.74 Å². The molecule has 1 aliphatic heterocycles. The van der Waals surface area contributed by atoms with E-state index in [1.807, 2.05) is 6.20 Å². The van der Waals surface area contributed by atoms with Crippen LogP contribution in [0.15, 0.2) is 30.5 Å². The van der Waals surface area contributed by atoms with Gasteiger partial charge >= 0.3 is 0 Å². The van der Waals surface area contributed by atoms with Gasteiger partial charge < -0.3 is 9.72 Å². The van der Waals surface area contributed by atoms with Crippen LogP contribution in [0.3, 0.4) is 0 Å². The Bertz CT molecular complexity index is 549. The van der Waals surface area contributed by atoms with Crippen LogP contribution in [0.1, 0.15) is 31.2 Å². The first-order valence-electron chi connectivity index (χ1n) is 7.66. The number of hydrogen-bond donors (Lipinski definition) is 1. The van der Waals surface area contributed by atoms with Gasteiger partial charge in [-0.3, -0.25) is 4.90 Å². The molecule has 0 saturated carbocycles. The van der Waals surface area contributed by atoms with Crippen molar-refractivity contribution in [3.05, 3.63) is 36.0 Å². The van der Waals surface area contributed by atoms with E-state index in [9.17, 15) is 0 Å². The number of methoxy groups -OCH3 is 1. The van der Waals surface area contributed by atoms with Crippen LogP contribution in [0, 0.1) is 0 Å². The van der Waals surface area contributed by atoms with Gasteiger partial charge in [-0.15, -0.1) is 0 Å². The second-order valence-corrected chi connectivity index (χ2v) is 5.76. The number of para-hydroxylation sites is 1. The molecular formula is C17H24N2O. The average Bonchev–Trinajstić information content (AvgIpc) is 2.96. The van der Waals surface area contributed by atoms with Gasteiger partial charge in [-0.05, 0) is 42.8 Å². The van der Waals surface area contributed by atoms with Gasteiger partial charge in [-0.1, -0.05) is 24.6 Å². The number of aromatic amines is 1. The summed E-state index contributed by atoms with van der Waals surface area (Å²) in [4.78, 5) is 6.02. The zero-order valence-corrected chi connectivity index (χ0v) is 12.3. The predicted octanol–water partition coefficient (Wildman–Crippen LogP) is 3.56. The summed E-state index contributed by atoms with van der Waals surface area (Å²) in [7, 11) is 1.80.